The number of fused-ring (bicyclic) bond motifs is 1. The molecule has 1 aliphatic heterocycles. The highest BCUT2D eigenvalue weighted by Crippen LogP contribution is 2.54. The number of allylic oxidation sites excluding steroid dienone is 2. The van der Waals surface area contributed by atoms with Gasteiger partial charge >= 0.3 is 0 Å². The molecule has 1 aliphatic carbocycles. The molecule has 0 spiro atoms. The summed E-state index contributed by atoms with van der Waals surface area (Å²) < 4.78 is 5.59. The number of carbonyl (C=O) groups excluding carboxylic acids is 1. The van der Waals surface area contributed by atoms with Crippen molar-refractivity contribution < 1.29 is 19.7 Å². The molecule has 0 aromatic heterocycles. The van der Waals surface area contributed by atoms with Crippen molar-refractivity contribution in [2.24, 2.45) is 11.3 Å². The molecule has 1 heterocycles. The summed E-state index contributed by atoms with van der Waals surface area (Å²) in [5, 5.41) is 20.1. The third-order valence-electron chi connectivity index (χ3n) is 4.08. The molecule has 0 unspecified atom stereocenters. The van der Waals surface area contributed by atoms with Gasteiger partial charge < -0.3 is 14.9 Å². The summed E-state index contributed by atoms with van der Waals surface area (Å²) >= 11 is 0. The van der Waals surface area contributed by atoms with Gasteiger partial charge in [0, 0.05) is 17.4 Å². The Morgan fingerprint density at radius 2 is 2.33 bits per heavy atom. The van der Waals surface area contributed by atoms with Crippen molar-refractivity contribution >= 4 is 5.78 Å². The van der Waals surface area contributed by atoms with Crippen molar-refractivity contribution in [2.45, 2.75) is 38.4 Å². The molecule has 1 fully saturated rings. The minimum atomic E-state index is -1.01. The van der Waals surface area contributed by atoms with Crippen LogP contribution in [0.3, 0.4) is 0 Å². The Hall–Kier alpha value is -1.13. The zero-order valence-electron chi connectivity index (χ0n) is 10.8. The highest BCUT2D eigenvalue weighted by atomic mass is 16.5. The molecule has 0 radical (unpaired) electrons. The molecule has 2 aliphatic rings. The van der Waals surface area contributed by atoms with Crippen molar-refractivity contribution in [3.63, 3.8) is 0 Å². The van der Waals surface area contributed by atoms with Gasteiger partial charge in [-0.2, -0.15) is 0 Å². The minimum absolute atomic E-state index is 0.156. The van der Waals surface area contributed by atoms with Gasteiger partial charge in [-0.05, 0) is 26.7 Å². The third-order valence-corrected chi connectivity index (χ3v) is 4.08. The maximum Gasteiger partial charge on any atom is 0.187 e. The smallest absolute Gasteiger partial charge is 0.187 e. The molecule has 18 heavy (non-hydrogen) atoms. The van der Waals surface area contributed by atoms with Crippen molar-refractivity contribution in [1.29, 1.82) is 0 Å². The van der Waals surface area contributed by atoms with Gasteiger partial charge in [0.25, 0.3) is 0 Å². The normalized spacial score (nSPS) is 35.8. The average Bonchev–Trinajstić information content (AvgIpc) is 2.57. The summed E-state index contributed by atoms with van der Waals surface area (Å²) in [5.74, 6) is 0.114. The highest BCUT2D eigenvalue weighted by molar-refractivity contribution is 5.95. The largest absolute Gasteiger partial charge is 0.497 e. The lowest BCUT2D eigenvalue weighted by Gasteiger charge is -2.41. The standard InChI is InChI=1S/C14H20O4/c1-4-5-14-7-10(16)9(15)6-12(14)18-8-11(14)13(2,3)17/h4,6,10-11,16-17H,1,5,7-8H2,2-3H3/t10-,11+,14-/m1/s1. The number of ether oxygens (including phenoxy) is 1. The van der Waals surface area contributed by atoms with Crippen molar-refractivity contribution in [2.75, 3.05) is 6.61 Å². The molecule has 0 aromatic carbocycles. The zero-order valence-corrected chi connectivity index (χ0v) is 10.8. The first-order valence-electron chi connectivity index (χ1n) is 6.21. The zero-order chi connectivity index (χ0) is 13.6. The third kappa shape index (κ3) is 1.89. The maximum absolute atomic E-state index is 11.5. The van der Waals surface area contributed by atoms with E-state index in [1.165, 1.54) is 6.08 Å². The highest BCUT2D eigenvalue weighted by Gasteiger charge is 2.56. The lowest BCUT2D eigenvalue weighted by molar-refractivity contribution is -0.126. The summed E-state index contributed by atoms with van der Waals surface area (Å²) in [6, 6.07) is 0. The molecule has 0 aromatic rings. The number of rotatable bonds is 3. The van der Waals surface area contributed by atoms with E-state index in [-0.39, 0.29) is 11.7 Å². The molecule has 0 amide bonds. The molecule has 1 saturated heterocycles. The fourth-order valence-corrected chi connectivity index (χ4v) is 3.21. The van der Waals surface area contributed by atoms with Crippen molar-refractivity contribution in [1.82, 2.24) is 0 Å². The lowest BCUT2D eigenvalue weighted by atomic mass is 9.62. The first kappa shape index (κ1) is 13.3. The van der Waals surface area contributed by atoms with Crippen LogP contribution < -0.4 is 0 Å². The van der Waals surface area contributed by atoms with Crippen molar-refractivity contribution in [3.05, 3.63) is 24.5 Å². The fraction of sp³-hybridized carbons (Fsp3) is 0.643. The molecule has 100 valence electrons. The van der Waals surface area contributed by atoms with Gasteiger partial charge in [0.05, 0.1) is 12.2 Å². The fourth-order valence-electron chi connectivity index (χ4n) is 3.21. The van der Waals surface area contributed by atoms with E-state index in [0.29, 0.717) is 25.2 Å². The van der Waals surface area contributed by atoms with Crippen LogP contribution in [0.5, 0.6) is 0 Å². The van der Waals surface area contributed by atoms with Gasteiger partial charge in [-0.1, -0.05) is 6.08 Å². The summed E-state index contributed by atoms with van der Waals surface area (Å²) in [6.07, 6.45) is 2.99. The number of hydrogen-bond acceptors (Lipinski definition) is 4. The Balaban J connectivity index is 2.47. The molecular formula is C14H20O4. The van der Waals surface area contributed by atoms with E-state index < -0.39 is 17.1 Å². The van der Waals surface area contributed by atoms with Crippen LogP contribution in [0.1, 0.15) is 26.7 Å². The second kappa shape index (κ2) is 4.21. The lowest BCUT2D eigenvalue weighted by Crippen LogP contribution is -2.47. The number of aliphatic hydroxyl groups excluding tert-OH is 1. The topological polar surface area (TPSA) is 66.8 Å². The Labute approximate surface area is 107 Å². The molecule has 4 heteroatoms. The van der Waals surface area contributed by atoms with Crippen LogP contribution in [-0.2, 0) is 9.53 Å². The molecular weight excluding hydrogens is 232 g/mol. The summed E-state index contributed by atoms with van der Waals surface area (Å²) in [7, 11) is 0. The monoisotopic (exact) mass is 252 g/mol. The molecule has 2 N–H and O–H groups in total. The van der Waals surface area contributed by atoms with Crippen LogP contribution in [0.4, 0.5) is 0 Å². The first-order chi connectivity index (χ1) is 8.31. The quantitative estimate of drug-likeness (QED) is 0.740. The van der Waals surface area contributed by atoms with Gasteiger partial charge in [0.2, 0.25) is 0 Å². The predicted octanol–water partition coefficient (Wildman–Crippen LogP) is 1.18. The van der Waals surface area contributed by atoms with E-state index in [0.717, 1.165) is 0 Å². The van der Waals surface area contributed by atoms with E-state index in [1.54, 1.807) is 19.9 Å². The van der Waals surface area contributed by atoms with Crippen LogP contribution in [-0.4, -0.2) is 34.3 Å². The average molecular weight is 252 g/mol. The van der Waals surface area contributed by atoms with Gasteiger partial charge in [0.15, 0.2) is 5.78 Å². The van der Waals surface area contributed by atoms with Crippen molar-refractivity contribution in [3.8, 4) is 0 Å². The molecule has 3 atom stereocenters. The Morgan fingerprint density at radius 1 is 1.67 bits per heavy atom. The summed E-state index contributed by atoms with van der Waals surface area (Å²) in [5.41, 5.74) is -1.44. The van der Waals surface area contributed by atoms with Crippen LogP contribution in [0.15, 0.2) is 24.5 Å². The van der Waals surface area contributed by atoms with Crippen LogP contribution in [0.2, 0.25) is 0 Å². The Kier molecular flexibility index (Phi) is 3.11. The van der Waals surface area contributed by atoms with Crippen LogP contribution in [0.25, 0.3) is 0 Å². The second-order valence-corrected chi connectivity index (χ2v) is 5.80. The second-order valence-electron chi connectivity index (χ2n) is 5.80. The van der Waals surface area contributed by atoms with E-state index >= 15 is 0 Å². The summed E-state index contributed by atoms with van der Waals surface area (Å²) in [6.45, 7) is 7.57. The van der Waals surface area contributed by atoms with Gasteiger partial charge in [-0.15, -0.1) is 6.58 Å². The van der Waals surface area contributed by atoms with E-state index in [4.69, 9.17) is 4.74 Å². The number of aliphatic hydroxyl groups is 2. The van der Waals surface area contributed by atoms with Gasteiger partial charge in [-0.3, -0.25) is 4.79 Å². The van der Waals surface area contributed by atoms with E-state index in [2.05, 4.69) is 6.58 Å². The predicted molar refractivity (Wildman–Crippen MR) is 66.7 cm³/mol. The molecule has 2 rings (SSSR count). The first-order valence-corrected chi connectivity index (χ1v) is 6.21. The van der Waals surface area contributed by atoms with Crippen LogP contribution >= 0.6 is 0 Å². The summed E-state index contributed by atoms with van der Waals surface area (Å²) in [4.78, 5) is 11.5. The van der Waals surface area contributed by atoms with Gasteiger partial charge in [-0.25, -0.2) is 0 Å². The van der Waals surface area contributed by atoms with E-state index in [9.17, 15) is 15.0 Å². The number of hydrogen-bond donors (Lipinski definition) is 2. The van der Waals surface area contributed by atoms with E-state index in [1.807, 2.05) is 0 Å². The SMILES string of the molecule is C=CC[C@]12C[C@@H](O)C(=O)C=C1OC[C@H]2C(C)(C)O. The number of carbonyl (C=O) groups is 1. The Bertz CT molecular complexity index is 405. The maximum atomic E-state index is 11.5. The molecule has 0 bridgehead atoms. The Morgan fingerprint density at radius 3 is 2.89 bits per heavy atom. The minimum Gasteiger partial charge on any atom is -0.497 e. The van der Waals surface area contributed by atoms with Gasteiger partial charge in [0.1, 0.15) is 11.9 Å². The van der Waals surface area contributed by atoms with Crippen LogP contribution in [0, 0.1) is 11.3 Å². The number of ketones is 1. The molecule has 0 saturated carbocycles. The molecule has 4 nitrogen and oxygen atoms in total.